The number of benzene rings is 1. The minimum atomic E-state index is -0.596. The van der Waals surface area contributed by atoms with Crippen LogP contribution in [0.1, 0.15) is 19.4 Å². The molecule has 2 unspecified atom stereocenters. The van der Waals surface area contributed by atoms with Gasteiger partial charge < -0.3 is 9.84 Å². The van der Waals surface area contributed by atoms with Gasteiger partial charge in [0, 0.05) is 18.0 Å². The van der Waals surface area contributed by atoms with Gasteiger partial charge >= 0.3 is 0 Å². The van der Waals surface area contributed by atoms with E-state index >= 15 is 0 Å². The Morgan fingerprint density at radius 3 is 2.53 bits per heavy atom. The molecule has 0 aliphatic carbocycles. The summed E-state index contributed by atoms with van der Waals surface area (Å²) in [6.07, 6.45) is -0.369. The van der Waals surface area contributed by atoms with Crippen molar-refractivity contribution in [3.63, 3.8) is 0 Å². The van der Waals surface area contributed by atoms with Gasteiger partial charge in [0.05, 0.1) is 12.2 Å². The molecule has 0 spiro atoms. The summed E-state index contributed by atoms with van der Waals surface area (Å²) in [6.45, 7) is 3.99. The third kappa shape index (κ3) is 4.05. The smallest absolute Gasteiger partial charge is 0.124 e. The summed E-state index contributed by atoms with van der Waals surface area (Å²) in [7, 11) is 1.59. The summed E-state index contributed by atoms with van der Waals surface area (Å²) in [4.78, 5) is 0. The number of hydrogen-bond donors (Lipinski definition) is 1. The highest BCUT2D eigenvalue weighted by atomic mass is 79.9. The van der Waals surface area contributed by atoms with Crippen molar-refractivity contribution in [3.8, 4) is 0 Å². The van der Waals surface area contributed by atoms with Gasteiger partial charge in [-0.2, -0.15) is 0 Å². The topological polar surface area (TPSA) is 29.5 Å². The van der Waals surface area contributed by atoms with Crippen LogP contribution in [0.2, 0.25) is 0 Å². The van der Waals surface area contributed by atoms with Crippen LogP contribution in [0.15, 0.2) is 22.7 Å². The lowest BCUT2D eigenvalue weighted by Crippen LogP contribution is -2.34. The van der Waals surface area contributed by atoms with Crippen LogP contribution in [0.5, 0.6) is 0 Å². The first-order valence-corrected chi connectivity index (χ1v) is 6.39. The number of aliphatic hydroxyl groups excluding tert-OH is 1. The fraction of sp³-hybridized carbons (Fsp3) is 0.538. The minimum absolute atomic E-state index is 0.216. The minimum Gasteiger partial charge on any atom is -0.390 e. The molecule has 0 radical (unpaired) electrons. The maximum atomic E-state index is 12.9. The van der Waals surface area contributed by atoms with Gasteiger partial charge in [-0.15, -0.1) is 0 Å². The van der Waals surface area contributed by atoms with Crippen molar-refractivity contribution in [1.82, 2.24) is 0 Å². The number of halogens is 2. The van der Waals surface area contributed by atoms with E-state index in [9.17, 15) is 9.50 Å². The van der Waals surface area contributed by atoms with Gasteiger partial charge in [0.15, 0.2) is 0 Å². The number of ether oxygens (including phenoxy) is 1. The van der Waals surface area contributed by atoms with Crippen LogP contribution in [-0.4, -0.2) is 24.4 Å². The lowest BCUT2D eigenvalue weighted by molar-refractivity contribution is -0.0368. The summed E-state index contributed by atoms with van der Waals surface area (Å²) in [5.41, 5.74) is 0.876. The standard InChI is InChI=1S/C13H18BrFO2/c1-8(2)13(17-3)12(16)6-9-4-5-10(15)7-11(9)14/h4-5,7-8,12-13,16H,6H2,1-3H3. The molecule has 0 aliphatic rings. The van der Waals surface area contributed by atoms with Gasteiger partial charge in [-0.1, -0.05) is 35.8 Å². The van der Waals surface area contributed by atoms with Crippen molar-refractivity contribution in [2.24, 2.45) is 5.92 Å². The number of rotatable bonds is 5. The molecule has 0 saturated heterocycles. The maximum Gasteiger partial charge on any atom is 0.124 e. The molecule has 1 N–H and O–H groups in total. The van der Waals surface area contributed by atoms with Gasteiger partial charge in [-0.25, -0.2) is 4.39 Å². The van der Waals surface area contributed by atoms with E-state index in [0.29, 0.717) is 10.9 Å². The number of aliphatic hydroxyl groups is 1. The molecule has 0 saturated carbocycles. The Labute approximate surface area is 110 Å². The van der Waals surface area contributed by atoms with E-state index in [-0.39, 0.29) is 17.8 Å². The van der Waals surface area contributed by atoms with Gasteiger partial charge in [0.2, 0.25) is 0 Å². The zero-order chi connectivity index (χ0) is 13.0. The Bertz CT molecular complexity index is 368. The van der Waals surface area contributed by atoms with E-state index in [2.05, 4.69) is 15.9 Å². The first-order valence-electron chi connectivity index (χ1n) is 5.60. The Kier molecular flexibility index (Phi) is 5.56. The average Bonchev–Trinajstić information content (AvgIpc) is 2.22. The highest BCUT2D eigenvalue weighted by Crippen LogP contribution is 2.22. The first-order chi connectivity index (χ1) is 7.95. The van der Waals surface area contributed by atoms with Crippen LogP contribution in [0.4, 0.5) is 4.39 Å². The highest BCUT2D eigenvalue weighted by molar-refractivity contribution is 9.10. The molecule has 0 fully saturated rings. The summed E-state index contributed by atoms with van der Waals surface area (Å²) >= 11 is 3.29. The zero-order valence-corrected chi connectivity index (χ0v) is 11.9. The van der Waals surface area contributed by atoms with E-state index in [1.165, 1.54) is 12.1 Å². The van der Waals surface area contributed by atoms with Crippen LogP contribution in [0, 0.1) is 11.7 Å². The Hall–Kier alpha value is -0.450. The normalized spacial score (nSPS) is 15.0. The third-order valence-corrected chi connectivity index (χ3v) is 3.49. The predicted molar refractivity (Wildman–Crippen MR) is 69.4 cm³/mol. The van der Waals surface area contributed by atoms with Crippen LogP contribution in [0.3, 0.4) is 0 Å². The summed E-state index contributed by atoms with van der Waals surface area (Å²) in [6, 6.07) is 4.47. The summed E-state index contributed by atoms with van der Waals surface area (Å²) in [5, 5.41) is 10.1. The van der Waals surface area contributed by atoms with Crippen molar-refractivity contribution >= 4 is 15.9 Å². The fourth-order valence-electron chi connectivity index (χ4n) is 1.90. The molecule has 0 aromatic heterocycles. The quantitative estimate of drug-likeness (QED) is 0.905. The van der Waals surface area contributed by atoms with Gasteiger partial charge in [-0.05, 0) is 23.6 Å². The number of methoxy groups -OCH3 is 1. The van der Waals surface area contributed by atoms with E-state index in [0.717, 1.165) is 5.56 Å². The second-order valence-electron chi connectivity index (χ2n) is 4.45. The molecule has 0 amide bonds. The third-order valence-electron chi connectivity index (χ3n) is 2.75. The molecule has 0 bridgehead atoms. The maximum absolute atomic E-state index is 12.9. The zero-order valence-electron chi connectivity index (χ0n) is 10.3. The molecule has 1 rings (SSSR count). The second-order valence-corrected chi connectivity index (χ2v) is 5.31. The van der Waals surface area contributed by atoms with Crippen molar-refractivity contribution in [2.75, 3.05) is 7.11 Å². The molecule has 2 atom stereocenters. The number of hydrogen-bond acceptors (Lipinski definition) is 2. The van der Waals surface area contributed by atoms with Crippen molar-refractivity contribution < 1.29 is 14.2 Å². The average molecular weight is 305 g/mol. The molecule has 17 heavy (non-hydrogen) atoms. The second kappa shape index (κ2) is 6.47. The molecular weight excluding hydrogens is 287 g/mol. The Morgan fingerprint density at radius 2 is 2.06 bits per heavy atom. The molecule has 4 heteroatoms. The van der Waals surface area contributed by atoms with E-state index in [1.54, 1.807) is 13.2 Å². The van der Waals surface area contributed by atoms with Crippen LogP contribution in [0.25, 0.3) is 0 Å². The lowest BCUT2D eigenvalue weighted by atomic mass is 9.96. The van der Waals surface area contributed by atoms with Crippen molar-refractivity contribution in [1.29, 1.82) is 0 Å². The molecular formula is C13H18BrFO2. The van der Waals surface area contributed by atoms with Gasteiger partial charge in [-0.3, -0.25) is 0 Å². The fourth-order valence-corrected chi connectivity index (χ4v) is 2.41. The van der Waals surface area contributed by atoms with Gasteiger partial charge in [0.1, 0.15) is 5.82 Å². The van der Waals surface area contributed by atoms with Gasteiger partial charge in [0.25, 0.3) is 0 Å². The summed E-state index contributed by atoms with van der Waals surface area (Å²) in [5.74, 6) is -0.0588. The summed E-state index contributed by atoms with van der Waals surface area (Å²) < 4.78 is 18.9. The molecule has 0 heterocycles. The van der Waals surface area contributed by atoms with Crippen LogP contribution in [-0.2, 0) is 11.2 Å². The van der Waals surface area contributed by atoms with Crippen LogP contribution >= 0.6 is 15.9 Å². The SMILES string of the molecule is COC(C(C)C)C(O)Cc1ccc(F)cc1Br. The monoisotopic (exact) mass is 304 g/mol. The molecule has 0 aliphatic heterocycles. The predicted octanol–water partition coefficient (Wildman–Crippen LogP) is 3.16. The van der Waals surface area contributed by atoms with Crippen molar-refractivity contribution in [3.05, 3.63) is 34.1 Å². The molecule has 1 aromatic rings. The molecule has 1 aromatic carbocycles. The molecule has 2 nitrogen and oxygen atoms in total. The largest absolute Gasteiger partial charge is 0.390 e. The first kappa shape index (κ1) is 14.6. The van der Waals surface area contributed by atoms with Crippen molar-refractivity contribution in [2.45, 2.75) is 32.5 Å². The Morgan fingerprint density at radius 1 is 1.41 bits per heavy atom. The van der Waals surface area contributed by atoms with E-state index < -0.39 is 6.10 Å². The highest BCUT2D eigenvalue weighted by Gasteiger charge is 2.23. The van der Waals surface area contributed by atoms with Crippen LogP contribution < -0.4 is 0 Å². The van der Waals surface area contributed by atoms with E-state index in [1.807, 2.05) is 13.8 Å². The lowest BCUT2D eigenvalue weighted by Gasteiger charge is -2.25. The molecule has 96 valence electrons. The Balaban J connectivity index is 2.76. The van der Waals surface area contributed by atoms with E-state index in [4.69, 9.17) is 4.74 Å².